The average molecular weight is 413 g/mol. The number of anilines is 1. The molecule has 0 unspecified atom stereocenters. The van der Waals surface area contributed by atoms with E-state index < -0.39 is 5.54 Å². The molecule has 2 aliphatic heterocycles. The van der Waals surface area contributed by atoms with Gasteiger partial charge in [-0.15, -0.1) is 0 Å². The number of benzene rings is 1. The molecule has 3 heterocycles. The van der Waals surface area contributed by atoms with E-state index in [0.717, 1.165) is 30.6 Å². The van der Waals surface area contributed by atoms with E-state index in [1.165, 1.54) is 6.20 Å². The monoisotopic (exact) mass is 412 g/mol. The SMILES string of the molecule is C[C@]12CCC[C@H]1[C@@]1(COC(N)=N1)c1cc(NC(=O)c3ccc(Cl)cn3)ccc1O2. The van der Waals surface area contributed by atoms with E-state index in [0.29, 0.717) is 17.3 Å². The first kappa shape index (κ1) is 18.2. The smallest absolute Gasteiger partial charge is 0.283 e. The van der Waals surface area contributed by atoms with Crippen LogP contribution in [0.15, 0.2) is 41.5 Å². The molecule has 29 heavy (non-hydrogen) atoms. The first-order chi connectivity index (χ1) is 13.9. The maximum Gasteiger partial charge on any atom is 0.283 e. The van der Waals surface area contributed by atoms with Crippen LogP contribution in [-0.2, 0) is 10.3 Å². The van der Waals surface area contributed by atoms with Crippen molar-refractivity contribution in [1.29, 1.82) is 0 Å². The largest absolute Gasteiger partial charge is 0.487 e. The number of halogens is 1. The summed E-state index contributed by atoms with van der Waals surface area (Å²) in [5, 5.41) is 3.37. The van der Waals surface area contributed by atoms with Crippen LogP contribution < -0.4 is 15.8 Å². The van der Waals surface area contributed by atoms with E-state index >= 15 is 0 Å². The third-order valence-corrected chi connectivity index (χ3v) is 6.46. The van der Waals surface area contributed by atoms with Gasteiger partial charge in [-0.2, -0.15) is 0 Å². The highest BCUT2D eigenvalue weighted by Gasteiger charge is 2.60. The first-order valence-corrected chi connectivity index (χ1v) is 10.0. The third-order valence-electron chi connectivity index (χ3n) is 6.24. The van der Waals surface area contributed by atoms with Crippen molar-refractivity contribution in [3.05, 3.63) is 52.8 Å². The molecule has 0 bridgehead atoms. The maximum absolute atomic E-state index is 12.6. The summed E-state index contributed by atoms with van der Waals surface area (Å²) >= 11 is 5.85. The Morgan fingerprint density at radius 2 is 2.21 bits per heavy atom. The molecular formula is C21H21ClN4O3. The zero-order valence-corrected chi connectivity index (χ0v) is 16.7. The number of carbonyl (C=O) groups is 1. The number of pyridine rings is 1. The van der Waals surface area contributed by atoms with E-state index in [2.05, 4.69) is 17.2 Å². The number of amidine groups is 1. The molecule has 3 aliphatic rings. The number of hydrogen-bond donors (Lipinski definition) is 2. The minimum atomic E-state index is -0.595. The molecule has 7 nitrogen and oxygen atoms in total. The van der Waals surface area contributed by atoms with Gasteiger partial charge in [0.25, 0.3) is 11.9 Å². The molecule has 8 heteroatoms. The second-order valence-electron chi connectivity index (χ2n) is 8.05. The van der Waals surface area contributed by atoms with E-state index in [9.17, 15) is 4.79 Å². The number of nitrogens with two attached hydrogens (primary N) is 1. The molecule has 150 valence electrons. The normalized spacial score (nSPS) is 29.4. The lowest BCUT2D eigenvalue weighted by atomic mass is 9.70. The highest BCUT2D eigenvalue weighted by Crippen LogP contribution is 2.57. The van der Waals surface area contributed by atoms with Crippen LogP contribution in [0.1, 0.15) is 42.2 Å². The number of aromatic nitrogens is 1. The topological polar surface area (TPSA) is 98.8 Å². The zero-order valence-electron chi connectivity index (χ0n) is 15.9. The van der Waals surface area contributed by atoms with Crippen molar-refractivity contribution in [2.45, 2.75) is 37.3 Å². The summed E-state index contributed by atoms with van der Waals surface area (Å²) in [7, 11) is 0. The van der Waals surface area contributed by atoms with Crippen molar-refractivity contribution in [2.24, 2.45) is 16.6 Å². The molecule has 0 saturated heterocycles. The molecule has 1 aromatic heterocycles. The summed E-state index contributed by atoms with van der Waals surface area (Å²) in [6.07, 6.45) is 4.47. The Hall–Kier alpha value is -2.80. The first-order valence-electron chi connectivity index (χ1n) is 9.64. The van der Waals surface area contributed by atoms with Gasteiger partial charge in [0, 0.05) is 23.4 Å². The zero-order chi connectivity index (χ0) is 20.2. The van der Waals surface area contributed by atoms with Gasteiger partial charge in [0.2, 0.25) is 0 Å². The van der Waals surface area contributed by atoms with Gasteiger partial charge in [-0.05, 0) is 56.5 Å². The lowest BCUT2D eigenvalue weighted by Gasteiger charge is -2.46. The van der Waals surface area contributed by atoms with Gasteiger partial charge in [0.15, 0.2) is 0 Å². The number of fused-ring (bicyclic) bond motifs is 4. The molecule has 0 radical (unpaired) electrons. The van der Waals surface area contributed by atoms with Gasteiger partial charge in [-0.1, -0.05) is 11.6 Å². The molecule has 1 saturated carbocycles. The van der Waals surface area contributed by atoms with Crippen LogP contribution in [-0.4, -0.2) is 29.1 Å². The number of hydrogen-bond acceptors (Lipinski definition) is 6. The molecule has 3 atom stereocenters. The fourth-order valence-electron chi connectivity index (χ4n) is 4.94. The van der Waals surface area contributed by atoms with Gasteiger partial charge < -0.3 is 20.5 Å². The predicted octanol–water partition coefficient (Wildman–Crippen LogP) is 3.48. The van der Waals surface area contributed by atoms with Crippen molar-refractivity contribution in [3.63, 3.8) is 0 Å². The van der Waals surface area contributed by atoms with Gasteiger partial charge in [-0.25, -0.2) is 9.98 Å². The molecule has 1 aromatic carbocycles. The molecule has 3 N–H and O–H groups in total. The summed E-state index contributed by atoms with van der Waals surface area (Å²) in [6, 6.07) is 9.03. The number of ether oxygens (including phenoxy) is 2. The molecule has 2 aromatic rings. The Balaban J connectivity index is 1.53. The van der Waals surface area contributed by atoms with Gasteiger partial charge in [0.05, 0.1) is 5.02 Å². The second kappa shape index (κ2) is 6.35. The van der Waals surface area contributed by atoms with Crippen molar-refractivity contribution in [3.8, 4) is 5.75 Å². The fourth-order valence-corrected chi connectivity index (χ4v) is 5.06. The quantitative estimate of drug-likeness (QED) is 0.786. The molecule has 1 fully saturated rings. The van der Waals surface area contributed by atoms with Crippen molar-refractivity contribution in [1.82, 2.24) is 4.98 Å². The molecule has 1 aliphatic carbocycles. The van der Waals surface area contributed by atoms with Gasteiger partial charge in [0.1, 0.15) is 29.2 Å². The minimum absolute atomic E-state index is 0.160. The van der Waals surface area contributed by atoms with E-state index in [4.69, 9.17) is 31.8 Å². The minimum Gasteiger partial charge on any atom is -0.487 e. The number of rotatable bonds is 2. The van der Waals surface area contributed by atoms with Gasteiger partial charge in [-0.3, -0.25) is 4.79 Å². The molecule has 1 amide bonds. The summed E-state index contributed by atoms with van der Waals surface area (Å²) in [6.45, 7) is 2.52. The number of nitrogens with one attached hydrogen (secondary N) is 1. The number of carbonyl (C=O) groups excluding carboxylic acids is 1. The highest BCUT2D eigenvalue weighted by atomic mass is 35.5. The van der Waals surface area contributed by atoms with Crippen LogP contribution in [0.2, 0.25) is 5.02 Å². The Kier molecular flexibility index (Phi) is 4.00. The number of nitrogens with zero attached hydrogens (tertiary/aromatic N) is 2. The Morgan fingerprint density at radius 1 is 1.34 bits per heavy atom. The number of amides is 1. The predicted molar refractivity (Wildman–Crippen MR) is 109 cm³/mol. The van der Waals surface area contributed by atoms with Crippen LogP contribution >= 0.6 is 11.6 Å². The Bertz CT molecular complexity index is 1030. The Labute approximate surface area is 173 Å². The van der Waals surface area contributed by atoms with Crippen molar-refractivity contribution in [2.75, 3.05) is 11.9 Å². The van der Waals surface area contributed by atoms with Crippen LogP contribution in [0, 0.1) is 5.92 Å². The van der Waals surface area contributed by atoms with Crippen molar-refractivity contribution < 1.29 is 14.3 Å². The summed E-state index contributed by atoms with van der Waals surface area (Å²) < 4.78 is 12.0. The molecule has 1 spiro atoms. The maximum atomic E-state index is 12.6. The lowest BCUT2D eigenvalue weighted by molar-refractivity contribution is -0.0210. The summed E-state index contributed by atoms with van der Waals surface area (Å²) in [4.78, 5) is 21.4. The number of aliphatic imine (C=N–C) groups is 1. The standard InChI is InChI=1S/C21H21ClN4O3/c1-20-8-2-3-17(20)21(11-28-19(23)26-21)14-9-13(5-7-16(14)29-20)25-18(27)15-6-4-12(22)10-24-15/h4-7,9-10,17H,2-3,8,11H2,1H3,(H2,23,26)(H,25,27)/t17-,20+,21-/m1/s1. The Morgan fingerprint density at radius 3 is 2.93 bits per heavy atom. The molecular weight excluding hydrogens is 392 g/mol. The average Bonchev–Trinajstić information content (AvgIpc) is 3.27. The second-order valence-corrected chi connectivity index (χ2v) is 8.49. The van der Waals surface area contributed by atoms with Crippen molar-refractivity contribution >= 4 is 29.2 Å². The van der Waals surface area contributed by atoms with Gasteiger partial charge >= 0.3 is 0 Å². The van der Waals surface area contributed by atoms with Crippen LogP contribution in [0.25, 0.3) is 0 Å². The lowest BCUT2D eigenvalue weighted by Crippen LogP contribution is -2.52. The third kappa shape index (κ3) is 2.83. The highest BCUT2D eigenvalue weighted by molar-refractivity contribution is 6.30. The summed E-state index contributed by atoms with van der Waals surface area (Å²) in [5.74, 6) is 0.603. The van der Waals surface area contributed by atoms with E-state index in [-0.39, 0.29) is 29.1 Å². The molecule has 5 rings (SSSR count). The van der Waals surface area contributed by atoms with E-state index in [1.807, 2.05) is 18.2 Å². The van der Waals surface area contributed by atoms with Crippen LogP contribution in [0.3, 0.4) is 0 Å². The fraction of sp³-hybridized carbons (Fsp3) is 0.381. The van der Waals surface area contributed by atoms with Crippen LogP contribution in [0.4, 0.5) is 5.69 Å². The van der Waals surface area contributed by atoms with E-state index in [1.54, 1.807) is 12.1 Å². The van der Waals surface area contributed by atoms with Crippen LogP contribution in [0.5, 0.6) is 5.75 Å². The summed E-state index contributed by atoms with van der Waals surface area (Å²) in [5.41, 5.74) is 6.84.